The Morgan fingerprint density at radius 1 is 1.28 bits per heavy atom. The Balaban J connectivity index is 3.04. The molecule has 1 rings (SSSR count). The summed E-state index contributed by atoms with van der Waals surface area (Å²) in [5.41, 5.74) is 1.11. The van der Waals surface area contributed by atoms with Crippen LogP contribution in [0.2, 0.25) is 0 Å². The van der Waals surface area contributed by atoms with Crippen LogP contribution >= 0.6 is 0 Å². The molecule has 1 aromatic carbocycles. The highest BCUT2D eigenvalue weighted by molar-refractivity contribution is 5.43. The Bertz CT molecular complexity index is 432. The molecule has 1 atom stereocenters. The van der Waals surface area contributed by atoms with Crippen LogP contribution < -0.4 is 14.8 Å². The zero-order valence-electron chi connectivity index (χ0n) is 11.5. The van der Waals surface area contributed by atoms with Crippen molar-refractivity contribution >= 4 is 0 Å². The fraction of sp³-hybridized carbons (Fsp3) is 0.467. The van der Waals surface area contributed by atoms with Gasteiger partial charge in [0.15, 0.2) is 0 Å². The lowest BCUT2D eigenvalue weighted by molar-refractivity contribution is 0.385. The molecule has 0 aliphatic heterocycles. The normalized spacial score (nSPS) is 11.3. The third-order valence-electron chi connectivity index (χ3n) is 2.75. The quantitative estimate of drug-likeness (QED) is 0.784. The second kappa shape index (κ2) is 7.62. The minimum absolute atomic E-state index is 0.184. The first kappa shape index (κ1) is 14.4. The number of hydrogen-bond donors (Lipinski definition) is 1. The van der Waals surface area contributed by atoms with Crippen molar-refractivity contribution in [2.75, 3.05) is 20.8 Å². The van der Waals surface area contributed by atoms with Crippen LogP contribution in [0, 0.1) is 11.8 Å². The van der Waals surface area contributed by atoms with E-state index in [4.69, 9.17) is 9.47 Å². The van der Waals surface area contributed by atoms with Crippen LogP contribution in [0.15, 0.2) is 18.2 Å². The maximum atomic E-state index is 5.43. The molecule has 0 saturated carbocycles. The zero-order chi connectivity index (χ0) is 13.4. The van der Waals surface area contributed by atoms with Gasteiger partial charge in [0.25, 0.3) is 0 Å². The number of methoxy groups -OCH3 is 2. The number of rotatable bonds is 6. The topological polar surface area (TPSA) is 30.5 Å². The predicted molar refractivity (Wildman–Crippen MR) is 74.0 cm³/mol. The van der Waals surface area contributed by atoms with Gasteiger partial charge in [-0.15, -0.1) is 11.8 Å². The smallest absolute Gasteiger partial charge is 0.127 e. The molecule has 3 nitrogen and oxygen atoms in total. The number of nitrogens with one attached hydrogen (secondary N) is 1. The van der Waals surface area contributed by atoms with Gasteiger partial charge >= 0.3 is 0 Å². The van der Waals surface area contributed by atoms with E-state index in [1.807, 2.05) is 25.1 Å². The van der Waals surface area contributed by atoms with Crippen LogP contribution in [0.4, 0.5) is 0 Å². The van der Waals surface area contributed by atoms with Crippen molar-refractivity contribution in [2.24, 2.45) is 0 Å². The Kier molecular flexibility index (Phi) is 6.10. The molecule has 0 radical (unpaired) electrons. The molecule has 0 amide bonds. The summed E-state index contributed by atoms with van der Waals surface area (Å²) in [5, 5.41) is 3.42. The van der Waals surface area contributed by atoms with E-state index in [1.165, 1.54) is 0 Å². The maximum absolute atomic E-state index is 5.43. The van der Waals surface area contributed by atoms with E-state index < -0.39 is 0 Å². The minimum Gasteiger partial charge on any atom is -0.497 e. The van der Waals surface area contributed by atoms with E-state index in [-0.39, 0.29) is 6.04 Å². The van der Waals surface area contributed by atoms with Crippen molar-refractivity contribution in [3.8, 4) is 23.3 Å². The van der Waals surface area contributed by atoms with Crippen molar-refractivity contribution in [3.05, 3.63) is 23.8 Å². The molecule has 0 aromatic heterocycles. The molecule has 0 saturated heterocycles. The fourth-order valence-electron chi connectivity index (χ4n) is 1.85. The lowest BCUT2D eigenvalue weighted by Gasteiger charge is -2.19. The molecule has 0 heterocycles. The molecule has 0 aliphatic carbocycles. The Morgan fingerprint density at radius 3 is 2.61 bits per heavy atom. The summed E-state index contributed by atoms with van der Waals surface area (Å²) in [5.74, 6) is 7.67. The Morgan fingerprint density at radius 2 is 2.06 bits per heavy atom. The monoisotopic (exact) mass is 247 g/mol. The number of hydrogen-bond acceptors (Lipinski definition) is 3. The summed E-state index contributed by atoms with van der Waals surface area (Å²) < 4.78 is 10.6. The summed E-state index contributed by atoms with van der Waals surface area (Å²) in [6.45, 7) is 4.84. The van der Waals surface area contributed by atoms with Crippen molar-refractivity contribution in [1.29, 1.82) is 0 Å². The van der Waals surface area contributed by atoms with Crippen molar-refractivity contribution in [3.63, 3.8) is 0 Å². The van der Waals surface area contributed by atoms with Crippen LogP contribution in [0.5, 0.6) is 11.5 Å². The van der Waals surface area contributed by atoms with E-state index >= 15 is 0 Å². The van der Waals surface area contributed by atoms with Gasteiger partial charge in [-0.25, -0.2) is 0 Å². The first-order chi connectivity index (χ1) is 8.76. The van der Waals surface area contributed by atoms with Gasteiger partial charge in [0.1, 0.15) is 11.5 Å². The molecular weight excluding hydrogens is 226 g/mol. The van der Waals surface area contributed by atoms with Crippen LogP contribution in [-0.2, 0) is 0 Å². The van der Waals surface area contributed by atoms with Gasteiger partial charge in [0, 0.05) is 24.1 Å². The molecule has 98 valence electrons. The first-order valence-corrected chi connectivity index (χ1v) is 6.11. The highest BCUT2D eigenvalue weighted by atomic mass is 16.5. The largest absolute Gasteiger partial charge is 0.497 e. The second-order valence-corrected chi connectivity index (χ2v) is 3.85. The van der Waals surface area contributed by atoms with Crippen molar-refractivity contribution in [1.82, 2.24) is 5.32 Å². The van der Waals surface area contributed by atoms with Crippen molar-refractivity contribution < 1.29 is 9.47 Å². The molecule has 0 fully saturated rings. The van der Waals surface area contributed by atoms with Gasteiger partial charge < -0.3 is 14.8 Å². The van der Waals surface area contributed by atoms with Gasteiger partial charge in [0.05, 0.1) is 14.2 Å². The van der Waals surface area contributed by atoms with E-state index in [1.54, 1.807) is 14.2 Å². The van der Waals surface area contributed by atoms with Gasteiger partial charge in [-0.3, -0.25) is 0 Å². The molecule has 1 unspecified atom stereocenters. The Labute approximate surface area is 109 Å². The summed E-state index contributed by atoms with van der Waals surface area (Å²) in [4.78, 5) is 0. The van der Waals surface area contributed by atoms with Gasteiger partial charge in [-0.1, -0.05) is 13.0 Å². The number of benzene rings is 1. The summed E-state index contributed by atoms with van der Waals surface area (Å²) in [6.07, 6.45) is 0.771. The van der Waals surface area contributed by atoms with Gasteiger partial charge in [-0.05, 0) is 19.5 Å². The van der Waals surface area contributed by atoms with Crippen molar-refractivity contribution in [2.45, 2.75) is 26.3 Å². The molecule has 0 bridgehead atoms. The molecule has 1 N–H and O–H groups in total. The summed E-state index contributed by atoms with van der Waals surface area (Å²) in [7, 11) is 3.32. The fourth-order valence-corrected chi connectivity index (χ4v) is 1.85. The molecular formula is C15H21NO2. The molecule has 3 heteroatoms. The third-order valence-corrected chi connectivity index (χ3v) is 2.75. The van der Waals surface area contributed by atoms with E-state index in [2.05, 4.69) is 24.1 Å². The molecule has 1 aromatic rings. The standard InChI is InChI=1S/C15H21NO2/c1-5-7-8-14(16-6-2)13-10-9-12(17-3)11-15(13)18-4/h9-11,14,16H,6,8H2,1-4H3. The third kappa shape index (κ3) is 3.68. The predicted octanol–water partition coefficient (Wildman–Crippen LogP) is 2.77. The zero-order valence-corrected chi connectivity index (χ0v) is 11.5. The van der Waals surface area contributed by atoms with Gasteiger partial charge in [-0.2, -0.15) is 0 Å². The second-order valence-electron chi connectivity index (χ2n) is 3.85. The van der Waals surface area contributed by atoms with Crippen LogP contribution in [0.25, 0.3) is 0 Å². The highest BCUT2D eigenvalue weighted by Gasteiger charge is 2.14. The van der Waals surface area contributed by atoms with Gasteiger partial charge in [0.2, 0.25) is 0 Å². The van der Waals surface area contributed by atoms with Crippen LogP contribution in [0.3, 0.4) is 0 Å². The SMILES string of the molecule is CC#CCC(NCC)c1ccc(OC)cc1OC. The average Bonchev–Trinajstić information content (AvgIpc) is 2.42. The summed E-state index contributed by atoms with van der Waals surface area (Å²) >= 11 is 0. The molecule has 0 aliphatic rings. The highest BCUT2D eigenvalue weighted by Crippen LogP contribution is 2.30. The van der Waals surface area contributed by atoms with E-state index in [0.717, 1.165) is 30.0 Å². The van der Waals surface area contributed by atoms with E-state index in [0.29, 0.717) is 0 Å². The molecule has 0 spiro atoms. The van der Waals surface area contributed by atoms with Crippen LogP contribution in [-0.4, -0.2) is 20.8 Å². The molecule has 18 heavy (non-hydrogen) atoms. The van der Waals surface area contributed by atoms with Crippen LogP contribution in [0.1, 0.15) is 31.9 Å². The first-order valence-electron chi connectivity index (χ1n) is 6.11. The lowest BCUT2D eigenvalue weighted by atomic mass is 10.0. The van der Waals surface area contributed by atoms with E-state index in [9.17, 15) is 0 Å². The lowest BCUT2D eigenvalue weighted by Crippen LogP contribution is -2.21. The maximum Gasteiger partial charge on any atom is 0.127 e. The number of ether oxygens (including phenoxy) is 2. The average molecular weight is 247 g/mol. The Hall–Kier alpha value is -1.66. The summed E-state index contributed by atoms with van der Waals surface area (Å²) in [6, 6.07) is 6.06. The minimum atomic E-state index is 0.184.